The number of hydrogen-bond acceptors (Lipinski definition) is 3. The van der Waals surface area contributed by atoms with Crippen molar-refractivity contribution in [3.8, 4) is 0 Å². The molecule has 0 saturated heterocycles. The van der Waals surface area contributed by atoms with Crippen molar-refractivity contribution < 1.29 is 0 Å². The molecule has 0 bridgehead atoms. The minimum Gasteiger partial charge on any atom is -0.307 e. The topological polar surface area (TPSA) is 47.7 Å². The number of aryl methyl sites for hydroxylation is 2. The third-order valence-corrected chi connectivity index (χ3v) is 2.98. The number of rotatable bonds is 6. The molecular weight excluding hydrogens is 274 g/mol. The van der Waals surface area contributed by atoms with Gasteiger partial charge in [0.05, 0.1) is 11.4 Å². The second-order valence-corrected chi connectivity index (χ2v) is 5.44. The van der Waals surface area contributed by atoms with Crippen LogP contribution >= 0.6 is 12.4 Å². The van der Waals surface area contributed by atoms with Crippen molar-refractivity contribution in [1.29, 1.82) is 0 Å². The van der Waals surface area contributed by atoms with Gasteiger partial charge in [0, 0.05) is 44.6 Å². The van der Waals surface area contributed by atoms with Crippen LogP contribution < -0.4 is 5.32 Å². The number of hydrogen-bond donors (Lipinski definition) is 1. The molecule has 20 heavy (non-hydrogen) atoms. The van der Waals surface area contributed by atoms with Crippen LogP contribution in [0.1, 0.15) is 30.8 Å². The summed E-state index contributed by atoms with van der Waals surface area (Å²) >= 11 is 0. The van der Waals surface area contributed by atoms with E-state index >= 15 is 0 Å². The summed E-state index contributed by atoms with van der Waals surface area (Å²) in [6.45, 7) is 9.03. The largest absolute Gasteiger partial charge is 0.307 e. The second-order valence-electron chi connectivity index (χ2n) is 5.44. The lowest BCUT2D eigenvalue weighted by atomic mass is 10.2. The lowest BCUT2D eigenvalue weighted by Crippen LogP contribution is -2.14. The van der Waals surface area contributed by atoms with Crippen molar-refractivity contribution in [3.05, 3.63) is 35.4 Å². The maximum absolute atomic E-state index is 4.54. The summed E-state index contributed by atoms with van der Waals surface area (Å²) in [5.74, 6) is 0.624. The quantitative estimate of drug-likeness (QED) is 0.890. The fraction of sp³-hybridized carbons (Fsp3) is 0.571. The summed E-state index contributed by atoms with van der Waals surface area (Å²) in [5.41, 5.74) is 3.41. The minimum absolute atomic E-state index is 0. The zero-order valence-electron chi connectivity index (χ0n) is 12.6. The van der Waals surface area contributed by atoms with Crippen molar-refractivity contribution >= 4 is 12.4 Å². The molecule has 0 aromatic carbocycles. The molecule has 2 aromatic rings. The van der Waals surface area contributed by atoms with Crippen LogP contribution in [0.5, 0.6) is 0 Å². The number of aromatic nitrogens is 4. The zero-order chi connectivity index (χ0) is 13.8. The van der Waals surface area contributed by atoms with Gasteiger partial charge in [0.1, 0.15) is 0 Å². The first-order chi connectivity index (χ1) is 9.04. The summed E-state index contributed by atoms with van der Waals surface area (Å²) in [6, 6.07) is 2.07. The Morgan fingerprint density at radius 3 is 2.60 bits per heavy atom. The van der Waals surface area contributed by atoms with E-state index in [1.165, 1.54) is 5.56 Å². The molecule has 0 fully saturated rings. The molecule has 0 aliphatic carbocycles. The molecule has 0 amide bonds. The molecule has 0 unspecified atom stereocenters. The molecule has 0 aliphatic rings. The summed E-state index contributed by atoms with van der Waals surface area (Å²) < 4.78 is 3.86. The van der Waals surface area contributed by atoms with E-state index in [0.717, 1.165) is 31.0 Å². The Labute approximate surface area is 126 Å². The molecule has 1 N–H and O–H groups in total. The number of nitrogens with one attached hydrogen (secondary N) is 1. The fourth-order valence-electron chi connectivity index (χ4n) is 2.12. The van der Waals surface area contributed by atoms with E-state index in [1.54, 1.807) is 0 Å². The first kappa shape index (κ1) is 16.7. The van der Waals surface area contributed by atoms with Gasteiger partial charge in [-0.25, -0.2) is 0 Å². The average molecular weight is 298 g/mol. The maximum Gasteiger partial charge on any atom is 0.0762 e. The molecule has 2 rings (SSSR count). The van der Waals surface area contributed by atoms with E-state index in [-0.39, 0.29) is 12.4 Å². The van der Waals surface area contributed by atoms with E-state index in [1.807, 2.05) is 29.5 Å². The predicted molar refractivity (Wildman–Crippen MR) is 82.8 cm³/mol. The van der Waals surface area contributed by atoms with Gasteiger partial charge < -0.3 is 5.32 Å². The summed E-state index contributed by atoms with van der Waals surface area (Å²) in [5, 5.41) is 12.3. The maximum atomic E-state index is 4.54. The molecule has 0 saturated carbocycles. The highest BCUT2D eigenvalue weighted by Gasteiger charge is 2.04. The van der Waals surface area contributed by atoms with Gasteiger partial charge >= 0.3 is 0 Å². The SMILES string of the molecule is Cc1nn(C)cc1CNCc1ccn(CC(C)C)n1.Cl. The third-order valence-electron chi connectivity index (χ3n) is 2.98. The summed E-state index contributed by atoms with van der Waals surface area (Å²) in [7, 11) is 1.95. The van der Waals surface area contributed by atoms with Gasteiger partial charge in [-0.3, -0.25) is 9.36 Å². The second kappa shape index (κ2) is 7.45. The Kier molecular flexibility index (Phi) is 6.23. The van der Waals surface area contributed by atoms with Crippen molar-refractivity contribution in [1.82, 2.24) is 24.9 Å². The summed E-state index contributed by atoms with van der Waals surface area (Å²) in [6.07, 6.45) is 4.10. The van der Waals surface area contributed by atoms with Crippen LogP contribution in [0.3, 0.4) is 0 Å². The minimum atomic E-state index is 0. The van der Waals surface area contributed by atoms with E-state index in [2.05, 4.69) is 41.6 Å². The van der Waals surface area contributed by atoms with Crippen LogP contribution in [0.2, 0.25) is 0 Å². The highest BCUT2D eigenvalue weighted by Crippen LogP contribution is 2.05. The predicted octanol–water partition coefficient (Wildman–Crippen LogP) is 2.29. The standard InChI is InChI=1S/C14H23N5.ClH/c1-11(2)9-19-6-5-14(17-19)8-15-7-13-10-18(4)16-12(13)3;/h5-6,10-11,15H,7-9H2,1-4H3;1H. The molecular formula is C14H24ClN5. The van der Waals surface area contributed by atoms with Crippen LogP contribution in [0, 0.1) is 12.8 Å². The third kappa shape index (κ3) is 4.65. The first-order valence-corrected chi connectivity index (χ1v) is 6.76. The van der Waals surface area contributed by atoms with Crippen molar-refractivity contribution in [3.63, 3.8) is 0 Å². The van der Waals surface area contributed by atoms with Crippen LogP contribution in [0.15, 0.2) is 18.5 Å². The summed E-state index contributed by atoms with van der Waals surface area (Å²) in [4.78, 5) is 0. The Morgan fingerprint density at radius 1 is 1.25 bits per heavy atom. The highest BCUT2D eigenvalue weighted by atomic mass is 35.5. The average Bonchev–Trinajstić information content (AvgIpc) is 2.86. The molecule has 5 nitrogen and oxygen atoms in total. The van der Waals surface area contributed by atoms with Gasteiger partial charge in [0.2, 0.25) is 0 Å². The Bertz CT molecular complexity index is 529. The Balaban J connectivity index is 0.00000200. The first-order valence-electron chi connectivity index (χ1n) is 6.76. The number of nitrogens with zero attached hydrogens (tertiary/aromatic N) is 4. The van der Waals surface area contributed by atoms with Gasteiger partial charge in [-0.1, -0.05) is 13.8 Å². The Hall–Kier alpha value is -1.33. The molecule has 0 spiro atoms. The van der Waals surface area contributed by atoms with Crippen molar-refractivity contribution in [2.45, 2.75) is 40.4 Å². The number of halogens is 1. The fourth-order valence-corrected chi connectivity index (χ4v) is 2.12. The van der Waals surface area contributed by atoms with Gasteiger partial charge in [-0.15, -0.1) is 12.4 Å². The lowest BCUT2D eigenvalue weighted by Gasteiger charge is -2.04. The van der Waals surface area contributed by atoms with Gasteiger partial charge in [0.25, 0.3) is 0 Å². The zero-order valence-corrected chi connectivity index (χ0v) is 13.4. The molecule has 0 aliphatic heterocycles. The van der Waals surface area contributed by atoms with Gasteiger partial charge in [-0.05, 0) is 18.9 Å². The van der Waals surface area contributed by atoms with E-state index < -0.39 is 0 Å². The molecule has 2 aromatic heterocycles. The van der Waals surface area contributed by atoms with Crippen LogP contribution in [-0.4, -0.2) is 19.6 Å². The van der Waals surface area contributed by atoms with Crippen LogP contribution in [0.25, 0.3) is 0 Å². The molecule has 112 valence electrons. The van der Waals surface area contributed by atoms with Gasteiger partial charge in [0.15, 0.2) is 0 Å². The van der Waals surface area contributed by atoms with Crippen molar-refractivity contribution in [2.75, 3.05) is 0 Å². The van der Waals surface area contributed by atoms with Crippen LogP contribution in [0.4, 0.5) is 0 Å². The van der Waals surface area contributed by atoms with E-state index in [9.17, 15) is 0 Å². The molecule has 0 atom stereocenters. The molecule has 0 radical (unpaired) electrons. The van der Waals surface area contributed by atoms with Gasteiger partial charge in [-0.2, -0.15) is 10.2 Å². The normalized spacial score (nSPS) is 10.8. The van der Waals surface area contributed by atoms with Crippen LogP contribution in [-0.2, 0) is 26.7 Å². The highest BCUT2D eigenvalue weighted by molar-refractivity contribution is 5.85. The van der Waals surface area contributed by atoms with E-state index in [4.69, 9.17) is 0 Å². The van der Waals surface area contributed by atoms with E-state index in [0.29, 0.717) is 5.92 Å². The monoisotopic (exact) mass is 297 g/mol. The molecule has 2 heterocycles. The smallest absolute Gasteiger partial charge is 0.0762 e. The van der Waals surface area contributed by atoms with Crippen molar-refractivity contribution in [2.24, 2.45) is 13.0 Å². The molecule has 6 heteroatoms. The lowest BCUT2D eigenvalue weighted by molar-refractivity contribution is 0.477. The Morgan fingerprint density at radius 2 is 2.00 bits per heavy atom.